The molecule has 9 nitrogen and oxygen atoms in total. The number of amides is 1. The summed E-state index contributed by atoms with van der Waals surface area (Å²) >= 11 is 0. The molecule has 0 fully saturated rings. The van der Waals surface area contributed by atoms with Crippen LogP contribution in [0, 0.1) is 0 Å². The number of nitrogens with zero attached hydrogens (tertiary/aromatic N) is 3. The van der Waals surface area contributed by atoms with E-state index in [2.05, 4.69) is 15.3 Å². The van der Waals surface area contributed by atoms with E-state index < -0.39 is 6.10 Å². The van der Waals surface area contributed by atoms with Crippen LogP contribution in [-0.4, -0.2) is 40.6 Å². The first-order valence-corrected chi connectivity index (χ1v) is 12.1. The van der Waals surface area contributed by atoms with Crippen molar-refractivity contribution >= 4 is 44.0 Å². The molecule has 6 aromatic rings. The van der Waals surface area contributed by atoms with Crippen LogP contribution in [0.25, 0.3) is 38.1 Å². The summed E-state index contributed by atoms with van der Waals surface area (Å²) in [6, 6.07) is 14.6. The van der Waals surface area contributed by atoms with Crippen LogP contribution in [0.4, 0.5) is 0 Å². The van der Waals surface area contributed by atoms with Gasteiger partial charge in [0.05, 0.1) is 36.2 Å². The average molecular weight is 509 g/mol. The van der Waals surface area contributed by atoms with Gasteiger partial charge in [0.15, 0.2) is 17.6 Å². The van der Waals surface area contributed by atoms with Crippen LogP contribution in [0.1, 0.15) is 12.5 Å². The number of fused-ring (bicyclic) bond motifs is 5. The number of carbonyl (C=O) groups excluding carboxylic acids is 1. The van der Waals surface area contributed by atoms with Crippen molar-refractivity contribution in [1.82, 2.24) is 19.7 Å². The highest BCUT2D eigenvalue weighted by molar-refractivity contribution is 6.19. The number of nitrogens with one attached hydrogen (secondary N) is 1. The van der Waals surface area contributed by atoms with Crippen molar-refractivity contribution in [2.75, 3.05) is 14.2 Å². The molecule has 0 unspecified atom stereocenters. The number of hydrogen-bond donors (Lipinski definition) is 1. The summed E-state index contributed by atoms with van der Waals surface area (Å²) in [6.45, 7) is 2.06. The van der Waals surface area contributed by atoms with E-state index >= 15 is 0 Å². The molecule has 4 aromatic heterocycles. The monoisotopic (exact) mass is 508 g/mol. The van der Waals surface area contributed by atoms with Crippen molar-refractivity contribution in [2.24, 2.45) is 0 Å². The van der Waals surface area contributed by atoms with Crippen LogP contribution < -0.4 is 25.1 Å². The molecule has 0 spiro atoms. The standard InChI is InChI=1S/C29H24N4O5/c1-16(28(34)32-15-17-5-4-11-30-14-17)38-18-6-8-22-21(13-18)19-10-12-31-25-20-7-9-23(36-2)27(37-3)24(20)29(35)33(22)26(19)25/h4-14,16H,15H2,1-3H3,(H,32,34)/t16-/m1/s1. The predicted octanol–water partition coefficient (Wildman–Crippen LogP) is 4.09. The van der Waals surface area contributed by atoms with E-state index in [0.29, 0.717) is 51.1 Å². The molecule has 0 aliphatic heterocycles. The summed E-state index contributed by atoms with van der Waals surface area (Å²) in [4.78, 5) is 35.2. The topological polar surface area (TPSA) is 104 Å². The largest absolute Gasteiger partial charge is 0.493 e. The fourth-order valence-electron chi connectivity index (χ4n) is 4.97. The zero-order valence-electron chi connectivity index (χ0n) is 21.0. The summed E-state index contributed by atoms with van der Waals surface area (Å²) < 4.78 is 18.7. The summed E-state index contributed by atoms with van der Waals surface area (Å²) in [5.41, 5.74) is 2.77. The molecule has 1 N–H and O–H groups in total. The van der Waals surface area contributed by atoms with Gasteiger partial charge in [-0.2, -0.15) is 0 Å². The maximum atomic E-state index is 13.9. The molecule has 0 bridgehead atoms. The van der Waals surface area contributed by atoms with Gasteiger partial charge < -0.3 is 19.5 Å². The van der Waals surface area contributed by atoms with E-state index in [1.165, 1.54) is 14.2 Å². The number of pyridine rings is 3. The third-order valence-electron chi connectivity index (χ3n) is 6.74. The Labute approximate surface area is 216 Å². The molecule has 190 valence electrons. The Bertz CT molecular complexity index is 1880. The fraction of sp³-hybridized carbons (Fsp3) is 0.172. The van der Waals surface area contributed by atoms with E-state index in [4.69, 9.17) is 14.2 Å². The fourth-order valence-corrected chi connectivity index (χ4v) is 4.97. The number of ether oxygens (including phenoxy) is 3. The van der Waals surface area contributed by atoms with Gasteiger partial charge in [0.2, 0.25) is 0 Å². The second kappa shape index (κ2) is 9.19. The smallest absolute Gasteiger partial charge is 0.267 e. The summed E-state index contributed by atoms with van der Waals surface area (Å²) in [5.74, 6) is 1.11. The maximum absolute atomic E-state index is 13.9. The van der Waals surface area contributed by atoms with Crippen LogP contribution in [0.5, 0.6) is 17.2 Å². The van der Waals surface area contributed by atoms with Crippen LogP contribution in [0.2, 0.25) is 0 Å². The highest BCUT2D eigenvalue weighted by Gasteiger charge is 2.23. The Balaban J connectivity index is 1.43. The van der Waals surface area contributed by atoms with Crippen molar-refractivity contribution < 1.29 is 19.0 Å². The average Bonchev–Trinajstić information content (AvgIpc) is 3.29. The van der Waals surface area contributed by atoms with Crippen molar-refractivity contribution in [3.05, 3.63) is 83.0 Å². The first-order valence-electron chi connectivity index (χ1n) is 12.1. The summed E-state index contributed by atoms with van der Waals surface area (Å²) in [6.07, 6.45) is 4.38. The zero-order valence-corrected chi connectivity index (χ0v) is 21.0. The molecule has 2 aromatic carbocycles. The summed E-state index contributed by atoms with van der Waals surface area (Å²) in [7, 11) is 3.05. The van der Waals surface area contributed by atoms with E-state index in [1.807, 2.05) is 36.4 Å². The van der Waals surface area contributed by atoms with Crippen molar-refractivity contribution in [3.63, 3.8) is 0 Å². The SMILES string of the molecule is COc1ccc2c(c1OC)c(=O)n1c3ccc(O[C@H](C)C(=O)NCc4cccnc4)cc3c3ccnc2c31. The van der Waals surface area contributed by atoms with Gasteiger partial charge in [0.1, 0.15) is 5.75 Å². The van der Waals surface area contributed by atoms with Gasteiger partial charge in [-0.05, 0) is 55.0 Å². The Kier molecular flexibility index (Phi) is 5.68. The first kappa shape index (κ1) is 23.5. The number of rotatable bonds is 7. The second-order valence-corrected chi connectivity index (χ2v) is 8.94. The lowest BCUT2D eigenvalue weighted by atomic mass is 10.1. The minimum absolute atomic E-state index is 0.229. The minimum Gasteiger partial charge on any atom is -0.493 e. The van der Waals surface area contributed by atoms with Gasteiger partial charge >= 0.3 is 0 Å². The van der Waals surface area contributed by atoms with Crippen LogP contribution in [0.3, 0.4) is 0 Å². The van der Waals surface area contributed by atoms with Gasteiger partial charge in [-0.3, -0.25) is 24.0 Å². The lowest BCUT2D eigenvalue weighted by molar-refractivity contribution is -0.127. The lowest BCUT2D eigenvalue weighted by Gasteiger charge is -2.15. The molecule has 0 aliphatic carbocycles. The molecule has 9 heteroatoms. The van der Waals surface area contributed by atoms with Gasteiger partial charge in [-0.25, -0.2) is 0 Å². The van der Waals surface area contributed by atoms with Crippen LogP contribution in [0.15, 0.2) is 71.9 Å². The molecule has 0 saturated heterocycles. The Hall–Kier alpha value is -4.92. The number of benzene rings is 2. The Morgan fingerprint density at radius 2 is 1.89 bits per heavy atom. The molecule has 4 heterocycles. The van der Waals surface area contributed by atoms with Gasteiger partial charge in [-0.1, -0.05) is 6.07 Å². The third kappa shape index (κ3) is 3.62. The molecule has 6 rings (SSSR count). The molecule has 0 saturated carbocycles. The molecule has 0 radical (unpaired) electrons. The van der Waals surface area contributed by atoms with Gasteiger partial charge in [-0.15, -0.1) is 0 Å². The summed E-state index contributed by atoms with van der Waals surface area (Å²) in [5, 5.41) is 5.63. The number of aromatic nitrogens is 3. The van der Waals surface area contributed by atoms with Crippen molar-refractivity contribution in [1.29, 1.82) is 0 Å². The molecule has 1 atom stereocenters. The third-order valence-corrected chi connectivity index (χ3v) is 6.74. The molecular weight excluding hydrogens is 484 g/mol. The number of carbonyl (C=O) groups is 1. The second-order valence-electron chi connectivity index (χ2n) is 8.94. The molecule has 1 amide bonds. The Morgan fingerprint density at radius 3 is 2.66 bits per heavy atom. The highest BCUT2D eigenvalue weighted by Crippen LogP contribution is 2.39. The van der Waals surface area contributed by atoms with Crippen LogP contribution >= 0.6 is 0 Å². The maximum Gasteiger partial charge on any atom is 0.267 e. The van der Waals surface area contributed by atoms with Crippen molar-refractivity contribution in [2.45, 2.75) is 19.6 Å². The zero-order chi connectivity index (χ0) is 26.4. The van der Waals surface area contributed by atoms with Gasteiger partial charge in [0.25, 0.3) is 11.5 Å². The van der Waals surface area contributed by atoms with Crippen LogP contribution in [-0.2, 0) is 11.3 Å². The molecule has 38 heavy (non-hydrogen) atoms. The Morgan fingerprint density at radius 1 is 1.03 bits per heavy atom. The number of hydrogen-bond acceptors (Lipinski definition) is 7. The van der Waals surface area contributed by atoms with E-state index in [-0.39, 0.29) is 11.5 Å². The predicted molar refractivity (Wildman–Crippen MR) is 144 cm³/mol. The van der Waals surface area contributed by atoms with E-state index in [1.54, 1.807) is 42.0 Å². The van der Waals surface area contributed by atoms with E-state index in [0.717, 1.165) is 16.3 Å². The first-order chi connectivity index (χ1) is 18.5. The number of methoxy groups -OCH3 is 2. The minimum atomic E-state index is -0.729. The van der Waals surface area contributed by atoms with E-state index in [9.17, 15) is 9.59 Å². The lowest BCUT2D eigenvalue weighted by Crippen LogP contribution is -2.35. The quantitative estimate of drug-likeness (QED) is 0.324. The highest BCUT2D eigenvalue weighted by atomic mass is 16.5. The van der Waals surface area contributed by atoms with Crippen molar-refractivity contribution in [3.8, 4) is 17.2 Å². The normalized spacial score (nSPS) is 12.3. The van der Waals surface area contributed by atoms with Gasteiger partial charge in [0, 0.05) is 41.3 Å². The molecular formula is C29H24N4O5. The molecule has 0 aliphatic rings.